The quantitative estimate of drug-likeness (QED) is 0.785. The summed E-state index contributed by atoms with van der Waals surface area (Å²) in [6, 6.07) is 2.17. The third-order valence-electron chi connectivity index (χ3n) is 6.44. The van der Waals surface area contributed by atoms with Crippen LogP contribution in [-0.4, -0.2) is 55.1 Å². The van der Waals surface area contributed by atoms with Crippen LogP contribution < -0.4 is 4.74 Å². The lowest BCUT2D eigenvalue weighted by Crippen LogP contribution is -2.60. The van der Waals surface area contributed by atoms with Crippen LogP contribution in [0.1, 0.15) is 24.0 Å². The molecule has 4 rings (SSSR count). The van der Waals surface area contributed by atoms with Gasteiger partial charge in [-0.25, -0.2) is 0 Å². The van der Waals surface area contributed by atoms with E-state index in [1.165, 1.54) is 0 Å². The van der Waals surface area contributed by atoms with Crippen LogP contribution in [0, 0.1) is 5.92 Å². The molecule has 0 spiro atoms. The van der Waals surface area contributed by atoms with E-state index in [1.807, 2.05) is 6.07 Å². The topological polar surface area (TPSA) is 62.2 Å². The third-order valence-corrected chi connectivity index (χ3v) is 7.15. The van der Waals surface area contributed by atoms with E-state index in [0.29, 0.717) is 24.0 Å². The fourth-order valence-corrected chi connectivity index (χ4v) is 5.80. The minimum Gasteiger partial charge on any atom is -0.504 e. The van der Waals surface area contributed by atoms with Crippen LogP contribution in [0.3, 0.4) is 0 Å². The monoisotopic (exact) mass is 409 g/mol. The molecule has 3 aliphatic rings. The molecule has 1 heterocycles. The summed E-state index contributed by atoms with van der Waals surface area (Å²) in [5.41, 5.74) is 1.78. The Labute approximate surface area is 156 Å². The van der Waals surface area contributed by atoms with Gasteiger partial charge in [0, 0.05) is 27.4 Å². The van der Waals surface area contributed by atoms with Crippen molar-refractivity contribution < 1.29 is 19.7 Å². The SMILES string of the molecule is COC1=C[C@H]2[C@@H]3Cc4c(Br)cc(OC)c(O)c4[C@]2(CCN3C)CC1O. The van der Waals surface area contributed by atoms with Gasteiger partial charge in [0.1, 0.15) is 11.9 Å². The number of hydrogen-bond acceptors (Lipinski definition) is 5. The van der Waals surface area contributed by atoms with E-state index in [9.17, 15) is 10.2 Å². The predicted molar refractivity (Wildman–Crippen MR) is 98.0 cm³/mol. The Morgan fingerprint density at radius 2 is 2.08 bits per heavy atom. The molecule has 6 heteroatoms. The number of halogens is 1. The third kappa shape index (κ3) is 2.27. The number of rotatable bonds is 2. The molecule has 0 aromatic heterocycles. The molecule has 1 fully saturated rings. The summed E-state index contributed by atoms with van der Waals surface area (Å²) in [6.45, 7) is 0.942. The minimum absolute atomic E-state index is 0.196. The lowest BCUT2D eigenvalue weighted by Gasteiger charge is -2.57. The average molecular weight is 410 g/mol. The Morgan fingerprint density at radius 3 is 2.76 bits per heavy atom. The lowest BCUT2D eigenvalue weighted by atomic mass is 9.53. The zero-order valence-corrected chi connectivity index (χ0v) is 16.3. The Kier molecular flexibility index (Phi) is 4.05. The molecule has 0 amide bonds. The van der Waals surface area contributed by atoms with Gasteiger partial charge in [-0.2, -0.15) is 0 Å². The maximum absolute atomic E-state index is 11.0. The number of fused-ring (bicyclic) bond motifs is 1. The van der Waals surface area contributed by atoms with Gasteiger partial charge in [0.15, 0.2) is 11.5 Å². The second-order valence-corrected chi connectivity index (χ2v) is 8.29. The smallest absolute Gasteiger partial charge is 0.161 e. The Balaban J connectivity index is 1.99. The highest BCUT2D eigenvalue weighted by atomic mass is 79.9. The maximum Gasteiger partial charge on any atom is 0.161 e. The van der Waals surface area contributed by atoms with E-state index in [2.05, 4.69) is 34.0 Å². The summed E-state index contributed by atoms with van der Waals surface area (Å²) >= 11 is 3.68. The van der Waals surface area contributed by atoms with Crippen LogP contribution in [0.2, 0.25) is 0 Å². The van der Waals surface area contributed by atoms with Crippen molar-refractivity contribution in [2.75, 3.05) is 27.8 Å². The first kappa shape index (κ1) is 17.2. The largest absolute Gasteiger partial charge is 0.504 e. The van der Waals surface area contributed by atoms with E-state index in [4.69, 9.17) is 9.47 Å². The minimum atomic E-state index is -0.652. The first-order valence-electron chi connectivity index (χ1n) is 8.65. The fraction of sp³-hybridized carbons (Fsp3) is 0.579. The number of methoxy groups -OCH3 is 2. The van der Waals surface area contributed by atoms with Crippen molar-refractivity contribution in [2.45, 2.75) is 36.8 Å². The zero-order chi connectivity index (χ0) is 17.9. The van der Waals surface area contributed by atoms with Crippen LogP contribution >= 0.6 is 15.9 Å². The number of piperidine rings is 1. The van der Waals surface area contributed by atoms with Crippen LogP contribution in [0.15, 0.2) is 22.4 Å². The van der Waals surface area contributed by atoms with Gasteiger partial charge in [-0.05, 0) is 50.6 Å². The van der Waals surface area contributed by atoms with Crippen molar-refractivity contribution in [1.82, 2.24) is 4.90 Å². The van der Waals surface area contributed by atoms with Crippen LogP contribution in [0.4, 0.5) is 0 Å². The molecule has 1 aromatic carbocycles. The molecule has 25 heavy (non-hydrogen) atoms. The first-order chi connectivity index (χ1) is 11.9. The number of phenols is 1. The van der Waals surface area contributed by atoms with Gasteiger partial charge in [-0.15, -0.1) is 0 Å². The second kappa shape index (κ2) is 5.89. The molecule has 1 saturated heterocycles. The number of ether oxygens (including phenoxy) is 2. The summed E-state index contributed by atoms with van der Waals surface area (Å²) in [5.74, 6) is 1.54. The molecule has 1 unspecified atom stereocenters. The summed E-state index contributed by atoms with van der Waals surface area (Å²) in [5, 5.41) is 21.6. The van der Waals surface area contributed by atoms with E-state index in [0.717, 1.165) is 35.0 Å². The molecule has 0 radical (unpaired) electrons. The molecule has 136 valence electrons. The second-order valence-electron chi connectivity index (χ2n) is 7.44. The number of nitrogens with zero attached hydrogens (tertiary/aromatic N) is 1. The predicted octanol–water partition coefficient (Wildman–Crippen LogP) is 2.57. The first-order valence-corrected chi connectivity index (χ1v) is 9.45. The molecule has 2 N–H and O–H groups in total. The Bertz CT molecular complexity index is 749. The van der Waals surface area contributed by atoms with Crippen molar-refractivity contribution in [3.05, 3.63) is 33.5 Å². The van der Waals surface area contributed by atoms with Crippen LogP contribution in [0.25, 0.3) is 0 Å². The molecule has 1 aliphatic heterocycles. The number of likely N-dealkylation sites (N-methyl/N-ethyl adjacent to an activating group) is 1. The molecular weight excluding hydrogens is 386 g/mol. The summed E-state index contributed by atoms with van der Waals surface area (Å²) in [6.07, 6.45) is 3.72. The average Bonchev–Trinajstić information content (AvgIpc) is 2.59. The van der Waals surface area contributed by atoms with Crippen LogP contribution in [-0.2, 0) is 16.6 Å². The Morgan fingerprint density at radius 1 is 1.32 bits per heavy atom. The maximum atomic E-state index is 11.0. The lowest BCUT2D eigenvalue weighted by molar-refractivity contribution is -0.00395. The van der Waals surface area contributed by atoms with Gasteiger partial charge in [-0.1, -0.05) is 15.9 Å². The molecule has 4 atom stereocenters. The van der Waals surface area contributed by atoms with Crippen LogP contribution in [0.5, 0.6) is 11.5 Å². The standard InChI is InChI=1S/C19H24BrNO4/c1-21-5-4-19-9-14(22)15(24-2)7-11(19)13(21)6-10-12(20)8-16(25-3)18(23)17(10)19/h7-8,11,13-14,22-23H,4-6,9H2,1-3H3/t11-,13-,14?,19+/m0/s1. The fourth-order valence-electron chi connectivity index (χ4n) is 5.23. The van der Waals surface area contributed by atoms with E-state index >= 15 is 0 Å². The van der Waals surface area contributed by atoms with Crippen molar-refractivity contribution in [3.8, 4) is 11.5 Å². The number of aliphatic hydroxyl groups is 1. The number of aliphatic hydroxyl groups excluding tert-OH is 1. The number of aromatic hydroxyl groups is 1. The highest BCUT2D eigenvalue weighted by Gasteiger charge is 2.56. The van der Waals surface area contributed by atoms with Crippen molar-refractivity contribution in [3.63, 3.8) is 0 Å². The molecular formula is C19H24BrNO4. The number of hydrogen-bond donors (Lipinski definition) is 2. The molecule has 0 saturated carbocycles. The zero-order valence-electron chi connectivity index (χ0n) is 14.8. The van der Waals surface area contributed by atoms with Crippen molar-refractivity contribution in [2.24, 2.45) is 5.92 Å². The normalized spacial score (nSPS) is 34.0. The Hall–Kier alpha value is -1.24. The molecule has 2 bridgehead atoms. The highest BCUT2D eigenvalue weighted by molar-refractivity contribution is 9.10. The van der Waals surface area contributed by atoms with Crippen molar-refractivity contribution in [1.29, 1.82) is 0 Å². The number of phenolic OH excluding ortho intramolecular Hbond substituents is 1. The van der Waals surface area contributed by atoms with Gasteiger partial charge in [0.05, 0.1) is 14.2 Å². The molecule has 2 aliphatic carbocycles. The summed E-state index contributed by atoms with van der Waals surface area (Å²) in [4.78, 5) is 2.39. The summed E-state index contributed by atoms with van der Waals surface area (Å²) < 4.78 is 11.8. The highest BCUT2D eigenvalue weighted by Crippen LogP contribution is 2.59. The molecule has 5 nitrogen and oxygen atoms in total. The number of benzene rings is 1. The number of likely N-dealkylation sites (tertiary alicyclic amines) is 1. The summed E-state index contributed by atoms with van der Waals surface area (Å²) in [7, 11) is 5.34. The van der Waals surface area contributed by atoms with Gasteiger partial charge in [0.2, 0.25) is 0 Å². The van der Waals surface area contributed by atoms with E-state index < -0.39 is 6.10 Å². The van der Waals surface area contributed by atoms with Gasteiger partial charge >= 0.3 is 0 Å². The van der Waals surface area contributed by atoms with Gasteiger partial charge < -0.3 is 24.6 Å². The van der Waals surface area contributed by atoms with E-state index in [-0.39, 0.29) is 17.1 Å². The molecule has 1 aromatic rings. The van der Waals surface area contributed by atoms with E-state index in [1.54, 1.807) is 14.2 Å². The van der Waals surface area contributed by atoms with Gasteiger partial charge in [0.25, 0.3) is 0 Å². The van der Waals surface area contributed by atoms with Crippen molar-refractivity contribution >= 4 is 15.9 Å². The van der Waals surface area contributed by atoms with Gasteiger partial charge in [-0.3, -0.25) is 0 Å².